The third-order valence-corrected chi connectivity index (χ3v) is 4.82. The van der Waals surface area contributed by atoms with Gasteiger partial charge in [0.2, 0.25) is 10.0 Å². The van der Waals surface area contributed by atoms with Crippen LogP contribution in [-0.2, 0) is 14.8 Å². The first-order valence-electron chi connectivity index (χ1n) is 7.91. The highest BCUT2D eigenvalue weighted by Crippen LogP contribution is 2.27. The predicted octanol–water partition coefficient (Wildman–Crippen LogP) is 1.36. The van der Waals surface area contributed by atoms with Crippen molar-refractivity contribution in [2.45, 2.75) is 32.1 Å². The van der Waals surface area contributed by atoms with Crippen molar-refractivity contribution in [3.63, 3.8) is 0 Å². The lowest BCUT2D eigenvalue weighted by Gasteiger charge is -2.11. The number of nitro benzene ring substituents is 1. The molecule has 0 aliphatic heterocycles. The van der Waals surface area contributed by atoms with Crippen molar-refractivity contribution in [3.05, 3.63) is 33.4 Å². The van der Waals surface area contributed by atoms with Crippen LogP contribution in [0.2, 0.25) is 0 Å². The molecule has 1 aromatic rings. The number of rotatable bonds is 10. The van der Waals surface area contributed by atoms with E-state index in [2.05, 4.69) is 10.0 Å². The molecule has 0 spiro atoms. The molecule has 0 saturated carbocycles. The van der Waals surface area contributed by atoms with Crippen LogP contribution < -0.4 is 10.0 Å². The van der Waals surface area contributed by atoms with Crippen LogP contribution >= 0.6 is 0 Å². The van der Waals surface area contributed by atoms with E-state index in [1.807, 2.05) is 6.92 Å². The van der Waals surface area contributed by atoms with Crippen LogP contribution in [0.25, 0.3) is 0 Å². The van der Waals surface area contributed by atoms with Crippen molar-refractivity contribution in [2.24, 2.45) is 0 Å². The zero-order valence-electron chi connectivity index (χ0n) is 14.5. The van der Waals surface area contributed by atoms with Gasteiger partial charge in [0.25, 0.3) is 5.69 Å². The van der Waals surface area contributed by atoms with E-state index in [1.165, 1.54) is 6.92 Å². The van der Waals surface area contributed by atoms with Gasteiger partial charge in [0.1, 0.15) is 0 Å². The smallest absolute Gasteiger partial charge is 0.338 e. The van der Waals surface area contributed by atoms with E-state index in [0.29, 0.717) is 6.54 Å². The minimum Gasteiger partial charge on any atom is -0.462 e. The Labute approximate surface area is 147 Å². The third kappa shape index (κ3) is 5.76. The molecule has 9 nitrogen and oxygen atoms in total. The number of ether oxygens (including phenoxy) is 1. The van der Waals surface area contributed by atoms with Crippen molar-refractivity contribution in [3.8, 4) is 0 Å². The van der Waals surface area contributed by atoms with Gasteiger partial charge in [-0.25, -0.2) is 17.9 Å². The fourth-order valence-corrected chi connectivity index (χ4v) is 3.17. The summed E-state index contributed by atoms with van der Waals surface area (Å²) in [5.74, 6) is -0.801. The number of sulfonamides is 1. The standard InChI is InChI=1S/C15H23N3O6S/c1-4-6-16-7-8-17-25(22,23)12-9-13(15(19)24-5-2)11(3)14(10-12)18(20)21/h9-10,16-17H,4-8H2,1-3H3. The number of carbonyl (C=O) groups excluding carboxylic acids is 1. The van der Waals surface area contributed by atoms with Crippen molar-refractivity contribution in [1.82, 2.24) is 10.0 Å². The lowest BCUT2D eigenvalue weighted by atomic mass is 10.1. The van der Waals surface area contributed by atoms with Crippen LogP contribution in [0.1, 0.15) is 36.2 Å². The van der Waals surface area contributed by atoms with Crippen molar-refractivity contribution in [1.29, 1.82) is 0 Å². The van der Waals surface area contributed by atoms with Crippen LogP contribution in [-0.4, -0.2) is 45.6 Å². The zero-order valence-corrected chi connectivity index (χ0v) is 15.3. The Balaban J connectivity index is 3.16. The summed E-state index contributed by atoms with van der Waals surface area (Å²) in [6.45, 7) is 6.33. The van der Waals surface area contributed by atoms with Gasteiger partial charge in [-0.1, -0.05) is 6.92 Å². The molecule has 25 heavy (non-hydrogen) atoms. The minimum absolute atomic E-state index is 0.0620. The van der Waals surface area contributed by atoms with Crippen LogP contribution in [0.15, 0.2) is 17.0 Å². The van der Waals surface area contributed by atoms with E-state index in [0.717, 1.165) is 25.1 Å². The largest absolute Gasteiger partial charge is 0.462 e. The third-order valence-electron chi connectivity index (χ3n) is 3.38. The first-order chi connectivity index (χ1) is 11.7. The summed E-state index contributed by atoms with van der Waals surface area (Å²) in [6, 6.07) is 2.04. The second-order valence-electron chi connectivity index (χ2n) is 5.24. The molecule has 10 heteroatoms. The molecule has 140 valence electrons. The van der Waals surface area contributed by atoms with Crippen LogP contribution in [0.5, 0.6) is 0 Å². The highest BCUT2D eigenvalue weighted by atomic mass is 32.2. The number of esters is 1. The Kier molecular flexibility index (Phi) is 7.94. The molecule has 0 atom stereocenters. The maximum Gasteiger partial charge on any atom is 0.338 e. The van der Waals surface area contributed by atoms with Gasteiger partial charge >= 0.3 is 5.97 Å². The van der Waals surface area contributed by atoms with Crippen molar-refractivity contribution < 1.29 is 22.9 Å². The van der Waals surface area contributed by atoms with E-state index >= 15 is 0 Å². The lowest BCUT2D eigenvalue weighted by molar-refractivity contribution is -0.385. The number of benzene rings is 1. The van der Waals surface area contributed by atoms with E-state index < -0.39 is 26.6 Å². The molecule has 0 bridgehead atoms. The van der Waals surface area contributed by atoms with Crippen molar-refractivity contribution >= 4 is 21.7 Å². The summed E-state index contributed by atoms with van der Waals surface area (Å²) < 4.78 is 31.9. The first-order valence-corrected chi connectivity index (χ1v) is 9.39. The van der Waals surface area contributed by atoms with Gasteiger partial charge in [-0.05, 0) is 32.9 Å². The topological polar surface area (TPSA) is 128 Å². The van der Waals surface area contributed by atoms with Crippen LogP contribution in [0, 0.1) is 17.0 Å². The monoisotopic (exact) mass is 373 g/mol. The number of hydrogen-bond donors (Lipinski definition) is 2. The van der Waals surface area contributed by atoms with Gasteiger partial charge in [0.15, 0.2) is 0 Å². The van der Waals surface area contributed by atoms with Gasteiger partial charge in [-0.15, -0.1) is 0 Å². The Morgan fingerprint density at radius 3 is 2.48 bits per heavy atom. The second kappa shape index (κ2) is 9.44. The Morgan fingerprint density at radius 2 is 1.92 bits per heavy atom. The fourth-order valence-electron chi connectivity index (χ4n) is 2.10. The SMILES string of the molecule is CCCNCCNS(=O)(=O)c1cc(C(=O)OCC)c(C)c([N+](=O)[O-])c1. The predicted molar refractivity (Wildman–Crippen MR) is 92.1 cm³/mol. The number of hydrogen-bond acceptors (Lipinski definition) is 7. The zero-order chi connectivity index (χ0) is 19.0. The molecular weight excluding hydrogens is 350 g/mol. The molecule has 0 aliphatic carbocycles. The molecule has 0 aromatic heterocycles. The van der Waals surface area contributed by atoms with E-state index in [1.54, 1.807) is 6.92 Å². The number of nitrogens with one attached hydrogen (secondary N) is 2. The highest BCUT2D eigenvalue weighted by Gasteiger charge is 2.26. The molecule has 0 saturated heterocycles. The van der Waals surface area contributed by atoms with Crippen LogP contribution in [0.3, 0.4) is 0 Å². The maximum atomic E-state index is 12.4. The molecule has 1 rings (SSSR count). The molecule has 0 aliphatic rings. The summed E-state index contributed by atoms with van der Waals surface area (Å²) >= 11 is 0. The molecule has 2 N–H and O–H groups in total. The van der Waals surface area contributed by atoms with Gasteiger partial charge in [-0.3, -0.25) is 10.1 Å². The minimum atomic E-state index is -3.99. The molecular formula is C15H23N3O6S. The average Bonchev–Trinajstić information content (AvgIpc) is 2.54. The number of nitrogens with zero attached hydrogens (tertiary/aromatic N) is 1. The fraction of sp³-hybridized carbons (Fsp3) is 0.533. The van der Waals surface area contributed by atoms with Gasteiger partial charge in [0.05, 0.1) is 22.0 Å². The maximum absolute atomic E-state index is 12.4. The quantitative estimate of drug-likeness (QED) is 0.274. The van der Waals surface area contributed by atoms with E-state index in [-0.39, 0.29) is 29.2 Å². The molecule has 0 fully saturated rings. The first kappa shape index (κ1) is 21.0. The normalized spacial score (nSPS) is 11.3. The summed E-state index contributed by atoms with van der Waals surface area (Å²) in [7, 11) is -3.99. The Bertz CT molecular complexity index is 733. The van der Waals surface area contributed by atoms with Gasteiger partial charge in [-0.2, -0.15) is 0 Å². The van der Waals surface area contributed by atoms with Gasteiger partial charge < -0.3 is 10.1 Å². The number of carbonyl (C=O) groups is 1. The lowest BCUT2D eigenvalue weighted by Crippen LogP contribution is -2.32. The highest BCUT2D eigenvalue weighted by molar-refractivity contribution is 7.89. The molecule has 0 radical (unpaired) electrons. The molecule has 0 unspecified atom stereocenters. The molecule has 0 heterocycles. The Morgan fingerprint density at radius 1 is 1.24 bits per heavy atom. The van der Waals surface area contributed by atoms with Crippen molar-refractivity contribution in [2.75, 3.05) is 26.2 Å². The second-order valence-corrected chi connectivity index (χ2v) is 7.01. The van der Waals surface area contributed by atoms with Gasteiger partial charge in [0, 0.05) is 24.7 Å². The molecule has 1 aromatic carbocycles. The van der Waals surface area contributed by atoms with E-state index in [9.17, 15) is 23.3 Å². The summed E-state index contributed by atoms with van der Waals surface area (Å²) in [6.07, 6.45) is 0.916. The number of nitro groups is 1. The molecule has 0 amide bonds. The van der Waals surface area contributed by atoms with Crippen LogP contribution in [0.4, 0.5) is 5.69 Å². The summed E-state index contributed by atoms with van der Waals surface area (Å²) in [5.41, 5.74) is -0.525. The summed E-state index contributed by atoms with van der Waals surface area (Å²) in [5, 5.41) is 14.2. The Hall–Kier alpha value is -2.04. The average molecular weight is 373 g/mol. The summed E-state index contributed by atoms with van der Waals surface area (Å²) in [4.78, 5) is 22.1. The van der Waals surface area contributed by atoms with E-state index in [4.69, 9.17) is 4.74 Å².